The predicted molar refractivity (Wildman–Crippen MR) is 136 cm³/mol. The highest BCUT2D eigenvalue weighted by molar-refractivity contribution is 7.99. The number of thioether (sulfide) groups is 1. The van der Waals surface area contributed by atoms with E-state index in [1.165, 1.54) is 11.0 Å². The summed E-state index contributed by atoms with van der Waals surface area (Å²) >= 11 is 7.11. The maximum Gasteiger partial charge on any atom is 0.408 e. The van der Waals surface area contributed by atoms with Gasteiger partial charge >= 0.3 is 12.3 Å². The van der Waals surface area contributed by atoms with Crippen molar-refractivity contribution in [3.05, 3.63) is 58.6 Å². The lowest BCUT2D eigenvalue weighted by Crippen LogP contribution is -2.50. The molecule has 208 valence electrons. The minimum atomic E-state index is -4.58. The van der Waals surface area contributed by atoms with Crippen molar-refractivity contribution in [3.63, 3.8) is 0 Å². The van der Waals surface area contributed by atoms with E-state index in [-0.39, 0.29) is 23.5 Å². The fourth-order valence-corrected chi connectivity index (χ4v) is 4.89. The van der Waals surface area contributed by atoms with Crippen LogP contribution in [0.15, 0.2) is 45.8 Å². The van der Waals surface area contributed by atoms with Gasteiger partial charge in [0.25, 0.3) is 11.8 Å². The van der Waals surface area contributed by atoms with E-state index < -0.39 is 53.8 Å². The van der Waals surface area contributed by atoms with Gasteiger partial charge in [0.1, 0.15) is 23.9 Å². The van der Waals surface area contributed by atoms with Crippen LogP contribution >= 0.6 is 23.4 Å². The molecule has 0 radical (unpaired) electrons. The monoisotopic (exact) mass is 586 g/mol. The minimum absolute atomic E-state index is 0.0181. The molecule has 2 amide bonds. The van der Waals surface area contributed by atoms with Crippen LogP contribution in [0.5, 0.6) is 0 Å². The molecule has 0 bridgehead atoms. The Morgan fingerprint density at radius 3 is 2.56 bits per heavy atom. The minimum Gasteiger partial charge on any atom is -0.444 e. The summed E-state index contributed by atoms with van der Waals surface area (Å²) in [7, 11) is 0. The van der Waals surface area contributed by atoms with Crippen LogP contribution in [0.3, 0.4) is 0 Å². The zero-order valence-corrected chi connectivity index (χ0v) is 22.5. The van der Waals surface area contributed by atoms with E-state index in [1.807, 2.05) is 0 Å². The van der Waals surface area contributed by atoms with Crippen molar-refractivity contribution < 1.29 is 36.4 Å². The van der Waals surface area contributed by atoms with Gasteiger partial charge in [-0.15, -0.1) is 11.8 Å². The van der Waals surface area contributed by atoms with Crippen molar-refractivity contribution in [3.8, 4) is 11.5 Å². The molecule has 0 saturated carbocycles. The summed E-state index contributed by atoms with van der Waals surface area (Å²) in [5.74, 6) is -2.40. The summed E-state index contributed by atoms with van der Waals surface area (Å²) in [5, 5.41) is 6.36. The number of carbonyl (C=O) groups is 2. The van der Waals surface area contributed by atoms with Crippen LogP contribution in [-0.4, -0.2) is 45.7 Å². The first-order valence-corrected chi connectivity index (χ1v) is 13.0. The Bertz CT molecular complexity index is 1380. The van der Waals surface area contributed by atoms with Crippen molar-refractivity contribution in [2.75, 3.05) is 10.7 Å². The lowest BCUT2D eigenvalue weighted by Gasteiger charge is -2.27. The highest BCUT2D eigenvalue weighted by Gasteiger charge is 2.35. The predicted octanol–water partition coefficient (Wildman–Crippen LogP) is 6.17. The number of amides is 2. The average Bonchev–Trinajstić information content (AvgIpc) is 3.22. The van der Waals surface area contributed by atoms with E-state index in [0.29, 0.717) is 15.5 Å². The molecule has 1 aliphatic heterocycles. The van der Waals surface area contributed by atoms with Gasteiger partial charge in [0.2, 0.25) is 0 Å². The number of rotatable bonds is 5. The van der Waals surface area contributed by atoms with Gasteiger partial charge in [-0.3, -0.25) is 4.79 Å². The van der Waals surface area contributed by atoms with Crippen molar-refractivity contribution in [2.24, 2.45) is 0 Å². The number of ether oxygens (including phenoxy) is 1. The first-order chi connectivity index (χ1) is 18.2. The molecular weight excluding hydrogens is 564 g/mol. The standard InChI is InChI=1S/C25H23ClF4N4O4S/c1-24(2,3)37-23(36)31-17-12-39-19-9-16(27)15(21-32-20(33-38-21)10-25(28,29)30)8-18(19)34(22(17)35)11-13-4-6-14(26)7-5-13/h4-9,17H,10-12H2,1-3H3,(H,31,36)/t17-/m0/s1. The van der Waals surface area contributed by atoms with Crippen LogP contribution in [0.25, 0.3) is 11.5 Å². The summed E-state index contributed by atoms with van der Waals surface area (Å²) in [6, 6.07) is 8.07. The van der Waals surface area contributed by atoms with Gasteiger partial charge in [-0.05, 0) is 50.6 Å². The Kier molecular flexibility index (Phi) is 8.12. The second kappa shape index (κ2) is 11.0. The number of aromatic nitrogens is 2. The highest BCUT2D eigenvalue weighted by Crippen LogP contribution is 2.40. The van der Waals surface area contributed by atoms with Crippen LogP contribution in [0.4, 0.5) is 28.0 Å². The van der Waals surface area contributed by atoms with Gasteiger partial charge in [-0.25, -0.2) is 9.18 Å². The van der Waals surface area contributed by atoms with Crippen LogP contribution in [-0.2, 0) is 22.5 Å². The molecule has 0 spiro atoms. The molecule has 0 aliphatic carbocycles. The fourth-order valence-electron chi connectivity index (χ4n) is 3.69. The Morgan fingerprint density at radius 1 is 1.23 bits per heavy atom. The third kappa shape index (κ3) is 7.41. The molecule has 2 aromatic carbocycles. The molecule has 1 N–H and O–H groups in total. The molecule has 3 aromatic rings. The number of hydrogen-bond acceptors (Lipinski definition) is 7. The molecule has 4 rings (SSSR count). The molecule has 0 fully saturated rings. The van der Waals surface area contributed by atoms with Crippen molar-refractivity contribution in [2.45, 2.75) is 56.5 Å². The maximum atomic E-state index is 15.2. The van der Waals surface area contributed by atoms with E-state index in [0.717, 1.165) is 17.8 Å². The third-order valence-electron chi connectivity index (χ3n) is 5.31. The van der Waals surface area contributed by atoms with Crippen LogP contribution in [0.2, 0.25) is 5.02 Å². The number of carbonyl (C=O) groups excluding carboxylic acids is 2. The van der Waals surface area contributed by atoms with Crippen molar-refractivity contribution in [1.29, 1.82) is 0 Å². The van der Waals surface area contributed by atoms with Crippen LogP contribution in [0, 0.1) is 5.82 Å². The number of fused-ring (bicyclic) bond motifs is 1. The molecule has 1 atom stereocenters. The number of anilines is 1. The van der Waals surface area contributed by atoms with Gasteiger partial charge in [0.05, 0.1) is 17.8 Å². The molecule has 0 unspecified atom stereocenters. The lowest BCUT2D eigenvalue weighted by molar-refractivity contribution is -0.128. The number of alkyl carbamates (subject to hydrolysis) is 1. The topological polar surface area (TPSA) is 97.6 Å². The Hall–Kier alpha value is -3.32. The lowest BCUT2D eigenvalue weighted by atomic mass is 10.1. The van der Waals surface area contributed by atoms with Gasteiger partial charge in [0, 0.05) is 15.7 Å². The molecule has 14 heteroatoms. The third-order valence-corrected chi connectivity index (χ3v) is 6.70. The summed E-state index contributed by atoms with van der Waals surface area (Å²) in [6.45, 7) is 5.06. The zero-order chi connectivity index (χ0) is 28.5. The molecule has 1 aliphatic rings. The zero-order valence-electron chi connectivity index (χ0n) is 20.9. The summed E-state index contributed by atoms with van der Waals surface area (Å²) < 4.78 is 63.6. The van der Waals surface area contributed by atoms with E-state index in [9.17, 15) is 22.8 Å². The van der Waals surface area contributed by atoms with E-state index in [1.54, 1.807) is 45.0 Å². The van der Waals surface area contributed by atoms with Crippen LogP contribution in [0.1, 0.15) is 32.2 Å². The first-order valence-electron chi connectivity index (χ1n) is 11.6. The van der Waals surface area contributed by atoms with E-state index in [4.69, 9.17) is 20.9 Å². The summed E-state index contributed by atoms with van der Waals surface area (Å²) in [6.07, 6.45) is -6.83. The van der Waals surface area contributed by atoms with Crippen LogP contribution < -0.4 is 10.2 Å². The molecular formula is C25H23ClF4N4O4S. The van der Waals surface area contributed by atoms with Gasteiger partial charge in [0.15, 0.2) is 5.82 Å². The second-order valence-electron chi connectivity index (χ2n) is 9.67. The number of benzene rings is 2. The molecule has 8 nitrogen and oxygen atoms in total. The number of halogens is 5. The normalized spacial score (nSPS) is 16.1. The van der Waals surface area contributed by atoms with E-state index in [2.05, 4.69) is 15.5 Å². The molecule has 39 heavy (non-hydrogen) atoms. The molecule has 2 heterocycles. The van der Waals surface area contributed by atoms with Gasteiger partial charge < -0.3 is 19.5 Å². The smallest absolute Gasteiger partial charge is 0.408 e. The summed E-state index contributed by atoms with van der Waals surface area (Å²) in [5.41, 5.74) is -0.148. The van der Waals surface area contributed by atoms with Gasteiger partial charge in [-0.2, -0.15) is 18.2 Å². The van der Waals surface area contributed by atoms with Gasteiger partial charge in [-0.1, -0.05) is 28.9 Å². The second-order valence-corrected chi connectivity index (χ2v) is 11.2. The Morgan fingerprint density at radius 2 is 1.92 bits per heavy atom. The number of alkyl halides is 3. The quantitative estimate of drug-likeness (QED) is 0.357. The van der Waals surface area contributed by atoms with Crippen molar-refractivity contribution in [1.82, 2.24) is 15.5 Å². The number of nitrogens with zero attached hydrogens (tertiary/aromatic N) is 3. The largest absolute Gasteiger partial charge is 0.444 e. The summed E-state index contributed by atoms with van der Waals surface area (Å²) in [4.78, 5) is 31.6. The molecule has 1 aromatic heterocycles. The number of hydrogen-bond donors (Lipinski definition) is 1. The van der Waals surface area contributed by atoms with E-state index >= 15 is 4.39 Å². The molecule has 0 saturated heterocycles. The maximum absolute atomic E-state index is 15.2. The Labute approximate surface area is 230 Å². The Balaban J connectivity index is 1.72. The van der Waals surface area contributed by atoms with Crippen molar-refractivity contribution >= 4 is 41.1 Å². The number of nitrogens with one attached hydrogen (secondary N) is 1. The average molecular weight is 587 g/mol. The highest BCUT2D eigenvalue weighted by atomic mass is 35.5. The SMILES string of the molecule is CC(C)(C)OC(=O)N[C@H]1CSc2cc(F)c(-c3nc(CC(F)(F)F)no3)cc2N(Cc2ccc(Cl)cc2)C1=O. The fraction of sp³-hybridized carbons (Fsp3) is 0.360. The first kappa shape index (κ1) is 28.7.